The van der Waals surface area contributed by atoms with E-state index in [4.69, 9.17) is 4.42 Å². The van der Waals surface area contributed by atoms with Crippen molar-refractivity contribution in [3.8, 4) is 16.5 Å². The summed E-state index contributed by atoms with van der Waals surface area (Å²) in [6, 6.07) is 8.38. The van der Waals surface area contributed by atoms with Crippen LogP contribution in [0, 0.1) is 0 Å². The number of nitrogens with one attached hydrogen (secondary N) is 1. The molecule has 3 aromatic rings. The lowest BCUT2D eigenvalue weighted by Gasteiger charge is -2.09. The molecule has 0 spiro atoms. The van der Waals surface area contributed by atoms with Crippen LogP contribution in [0.1, 0.15) is 16.1 Å². The second-order valence-corrected chi connectivity index (χ2v) is 5.82. The molecule has 0 saturated carbocycles. The third kappa shape index (κ3) is 4.60. The van der Waals surface area contributed by atoms with Crippen molar-refractivity contribution in [2.75, 3.05) is 0 Å². The summed E-state index contributed by atoms with van der Waals surface area (Å²) in [6.07, 6.45) is -3.33. The molecule has 2 aromatic heterocycles. The van der Waals surface area contributed by atoms with Crippen LogP contribution in [0.25, 0.3) is 10.8 Å². The van der Waals surface area contributed by atoms with Crippen LogP contribution in [0.4, 0.5) is 13.2 Å². The van der Waals surface area contributed by atoms with Gasteiger partial charge in [-0.2, -0.15) is 0 Å². The first-order chi connectivity index (χ1) is 11.9. The van der Waals surface area contributed by atoms with Gasteiger partial charge < -0.3 is 14.5 Å². The number of oxazole rings is 1. The first-order valence-electron chi connectivity index (χ1n) is 7.03. The average Bonchev–Trinajstić information content (AvgIpc) is 3.23. The minimum atomic E-state index is -4.77. The normalized spacial score (nSPS) is 11.3. The molecule has 0 aliphatic heterocycles. The Bertz CT molecular complexity index is 842. The lowest BCUT2D eigenvalue weighted by Crippen LogP contribution is -2.23. The quantitative estimate of drug-likeness (QED) is 0.732. The molecule has 0 atom stereocenters. The summed E-state index contributed by atoms with van der Waals surface area (Å²) in [7, 11) is 0. The Morgan fingerprint density at radius 2 is 2.00 bits per heavy atom. The predicted octanol–water partition coefficient (Wildman–Crippen LogP) is 4.23. The number of hydrogen-bond acceptors (Lipinski definition) is 5. The summed E-state index contributed by atoms with van der Waals surface area (Å²) in [6.45, 7) is 0.133. The summed E-state index contributed by atoms with van der Waals surface area (Å²) in [5, 5.41) is 4.52. The van der Waals surface area contributed by atoms with E-state index in [0.29, 0.717) is 11.6 Å². The molecule has 1 N–H and O–H groups in total. The van der Waals surface area contributed by atoms with Crippen molar-refractivity contribution in [1.82, 2.24) is 10.3 Å². The van der Waals surface area contributed by atoms with Crippen LogP contribution in [0.2, 0.25) is 0 Å². The van der Waals surface area contributed by atoms with Gasteiger partial charge in [0.2, 0.25) is 5.89 Å². The van der Waals surface area contributed by atoms with E-state index in [1.807, 2.05) is 17.5 Å². The highest BCUT2D eigenvalue weighted by atomic mass is 32.1. The highest BCUT2D eigenvalue weighted by molar-refractivity contribution is 7.13. The number of hydrogen-bond donors (Lipinski definition) is 1. The van der Waals surface area contributed by atoms with Gasteiger partial charge >= 0.3 is 6.36 Å². The summed E-state index contributed by atoms with van der Waals surface area (Å²) < 4.78 is 45.4. The molecule has 0 unspecified atom stereocenters. The second-order valence-electron chi connectivity index (χ2n) is 4.88. The van der Waals surface area contributed by atoms with E-state index in [9.17, 15) is 18.0 Å². The number of thiophene rings is 1. The zero-order valence-electron chi connectivity index (χ0n) is 12.5. The molecule has 25 heavy (non-hydrogen) atoms. The monoisotopic (exact) mass is 368 g/mol. The van der Waals surface area contributed by atoms with Crippen LogP contribution in [-0.4, -0.2) is 17.3 Å². The summed E-state index contributed by atoms with van der Waals surface area (Å²) >= 11 is 1.48. The van der Waals surface area contributed by atoms with Crippen molar-refractivity contribution in [1.29, 1.82) is 0 Å². The maximum Gasteiger partial charge on any atom is 0.573 e. The molecule has 0 aliphatic rings. The second kappa shape index (κ2) is 6.98. The fourth-order valence-corrected chi connectivity index (χ4v) is 2.64. The van der Waals surface area contributed by atoms with E-state index >= 15 is 0 Å². The molecular formula is C16H11F3N2O3S. The van der Waals surface area contributed by atoms with E-state index in [2.05, 4.69) is 15.0 Å². The van der Waals surface area contributed by atoms with Gasteiger partial charge in [0, 0.05) is 5.56 Å². The standard InChI is InChI=1S/C16H11F3N2O3S/c17-16(18,19)24-12-5-3-10(4-6-12)14(22)20-8-11-9-23-15(21-11)13-2-1-7-25-13/h1-7,9H,8H2,(H,20,22). The molecule has 130 valence electrons. The number of benzene rings is 1. The fourth-order valence-electron chi connectivity index (χ4n) is 1.98. The summed E-state index contributed by atoms with van der Waals surface area (Å²) in [4.78, 5) is 17.1. The van der Waals surface area contributed by atoms with Gasteiger partial charge in [0.1, 0.15) is 12.0 Å². The zero-order chi connectivity index (χ0) is 17.9. The Morgan fingerprint density at radius 3 is 2.64 bits per heavy atom. The molecular weight excluding hydrogens is 357 g/mol. The smallest absolute Gasteiger partial charge is 0.443 e. The number of amides is 1. The molecule has 5 nitrogen and oxygen atoms in total. The van der Waals surface area contributed by atoms with Gasteiger partial charge in [0.05, 0.1) is 17.1 Å². The summed E-state index contributed by atoms with van der Waals surface area (Å²) in [5.41, 5.74) is 0.741. The largest absolute Gasteiger partial charge is 0.573 e. The Labute approximate surface area is 144 Å². The van der Waals surface area contributed by atoms with Gasteiger partial charge in [-0.05, 0) is 35.7 Å². The van der Waals surface area contributed by atoms with Crippen LogP contribution >= 0.6 is 11.3 Å². The third-order valence-corrected chi connectivity index (χ3v) is 3.92. The molecule has 0 saturated heterocycles. The number of carbonyl (C=O) groups excluding carboxylic acids is 1. The molecule has 3 rings (SSSR count). The van der Waals surface area contributed by atoms with Gasteiger partial charge in [-0.25, -0.2) is 4.98 Å². The molecule has 1 aromatic carbocycles. The van der Waals surface area contributed by atoms with E-state index in [1.165, 1.54) is 29.7 Å². The number of alkyl halides is 3. The maximum absolute atomic E-state index is 12.1. The summed E-state index contributed by atoms with van der Waals surface area (Å²) in [5.74, 6) is -0.367. The fraction of sp³-hybridized carbons (Fsp3) is 0.125. The van der Waals surface area contributed by atoms with Crippen LogP contribution < -0.4 is 10.1 Å². The number of ether oxygens (including phenoxy) is 1. The molecule has 1 amide bonds. The van der Waals surface area contributed by atoms with Crippen molar-refractivity contribution in [2.45, 2.75) is 12.9 Å². The lowest BCUT2D eigenvalue weighted by atomic mass is 10.2. The van der Waals surface area contributed by atoms with Crippen molar-refractivity contribution < 1.29 is 27.1 Å². The van der Waals surface area contributed by atoms with Gasteiger partial charge in [0.15, 0.2) is 0 Å². The van der Waals surface area contributed by atoms with Crippen molar-refractivity contribution >= 4 is 17.2 Å². The van der Waals surface area contributed by atoms with E-state index < -0.39 is 12.3 Å². The van der Waals surface area contributed by atoms with Gasteiger partial charge in [-0.3, -0.25) is 4.79 Å². The number of rotatable bonds is 5. The van der Waals surface area contributed by atoms with Gasteiger partial charge in [0.25, 0.3) is 5.91 Å². The molecule has 0 bridgehead atoms. The molecule has 9 heteroatoms. The van der Waals surface area contributed by atoms with Crippen molar-refractivity contribution in [3.63, 3.8) is 0 Å². The van der Waals surface area contributed by atoms with E-state index in [0.717, 1.165) is 17.0 Å². The van der Waals surface area contributed by atoms with Gasteiger partial charge in [-0.15, -0.1) is 24.5 Å². The number of nitrogens with zero attached hydrogens (tertiary/aromatic N) is 1. The lowest BCUT2D eigenvalue weighted by molar-refractivity contribution is -0.274. The maximum atomic E-state index is 12.1. The first kappa shape index (κ1) is 17.0. The highest BCUT2D eigenvalue weighted by Gasteiger charge is 2.31. The van der Waals surface area contributed by atoms with Crippen LogP contribution in [-0.2, 0) is 6.54 Å². The van der Waals surface area contributed by atoms with E-state index in [1.54, 1.807) is 0 Å². The number of aromatic nitrogens is 1. The topological polar surface area (TPSA) is 64.4 Å². The Kier molecular flexibility index (Phi) is 4.75. The molecule has 2 heterocycles. The zero-order valence-corrected chi connectivity index (χ0v) is 13.4. The SMILES string of the molecule is O=C(NCc1coc(-c2cccs2)n1)c1ccc(OC(F)(F)F)cc1. The average molecular weight is 368 g/mol. The van der Waals surface area contributed by atoms with Crippen LogP contribution in [0.3, 0.4) is 0 Å². The highest BCUT2D eigenvalue weighted by Crippen LogP contribution is 2.24. The molecule has 0 fully saturated rings. The van der Waals surface area contributed by atoms with Gasteiger partial charge in [-0.1, -0.05) is 6.07 Å². The molecule has 0 aliphatic carbocycles. The number of halogens is 3. The third-order valence-electron chi connectivity index (χ3n) is 3.06. The Morgan fingerprint density at radius 1 is 1.24 bits per heavy atom. The first-order valence-corrected chi connectivity index (χ1v) is 7.91. The van der Waals surface area contributed by atoms with Crippen molar-refractivity contribution in [3.05, 3.63) is 59.3 Å². The molecule has 0 radical (unpaired) electrons. The number of carbonyl (C=O) groups is 1. The predicted molar refractivity (Wildman–Crippen MR) is 84.1 cm³/mol. The van der Waals surface area contributed by atoms with Crippen LogP contribution in [0.15, 0.2) is 52.5 Å². The Hall–Kier alpha value is -2.81. The van der Waals surface area contributed by atoms with Crippen LogP contribution in [0.5, 0.6) is 5.75 Å². The minimum absolute atomic E-state index is 0.133. The van der Waals surface area contributed by atoms with E-state index in [-0.39, 0.29) is 17.9 Å². The van der Waals surface area contributed by atoms with Crippen molar-refractivity contribution in [2.24, 2.45) is 0 Å². The minimum Gasteiger partial charge on any atom is -0.443 e. The Balaban J connectivity index is 1.57.